The largest absolute Gasteiger partial charge is 0.491 e. The van der Waals surface area contributed by atoms with Crippen LogP contribution in [-0.2, 0) is 6.54 Å². The summed E-state index contributed by atoms with van der Waals surface area (Å²) in [5.41, 5.74) is 2.16. The molecule has 0 spiro atoms. The molecule has 0 aliphatic rings. The number of hydrogen-bond donors (Lipinski definition) is 2. The molecule has 3 nitrogen and oxygen atoms in total. The van der Waals surface area contributed by atoms with E-state index in [0.29, 0.717) is 11.6 Å². The summed E-state index contributed by atoms with van der Waals surface area (Å²) in [5.74, 6) is 0.721. The van der Waals surface area contributed by atoms with Crippen molar-refractivity contribution in [1.82, 2.24) is 5.32 Å². The van der Waals surface area contributed by atoms with Crippen molar-refractivity contribution < 1.29 is 9.84 Å². The van der Waals surface area contributed by atoms with E-state index in [1.165, 1.54) is 5.56 Å². The fourth-order valence-electron chi connectivity index (χ4n) is 1.94. The van der Waals surface area contributed by atoms with Gasteiger partial charge in [-0.05, 0) is 36.2 Å². The second-order valence-corrected chi connectivity index (χ2v) is 5.40. The Labute approximate surface area is 130 Å². The topological polar surface area (TPSA) is 41.5 Å². The molecule has 0 fully saturated rings. The summed E-state index contributed by atoms with van der Waals surface area (Å²) in [6.45, 7) is 3.40. The molecule has 0 saturated carbocycles. The first kappa shape index (κ1) is 15.8. The average molecular weight is 306 g/mol. The van der Waals surface area contributed by atoms with Crippen LogP contribution < -0.4 is 10.1 Å². The van der Waals surface area contributed by atoms with Crippen LogP contribution in [0.4, 0.5) is 0 Å². The Morgan fingerprint density at radius 1 is 1.19 bits per heavy atom. The molecule has 0 heterocycles. The second kappa shape index (κ2) is 8.03. The summed E-state index contributed by atoms with van der Waals surface area (Å²) < 4.78 is 5.56. The van der Waals surface area contributed by atoms with Gasteiger partial charge in [0.1, 0.15) is 18.5 Å². The molecule has 2 N–H and O–H groups in total. The molecular weight excluding hydrogens is 286 g/mol. The monoisotopic (exact) mass is 305 g/mol. The summed E-state index contributed by atoms with van der Waals surface area (Å²) >= 11 is 5.96. The van der Waals surface area contributed by atoms with Crippen molar-refractivity contribution in [3.8, 4) is 5.75 Å². The Hall–Kier alpha value is -1.55. The summed E-state index contributed by atoms with van der Waals surface area (Å²) in [6, 6.07) is 15.6. The molecule has 112 valence electrons. The van der Waals surface area contributed by atoms with Crippen molar-refractivity contribution in [2.24, 2.45) is 0 Å². The third kappa shape index (κ3) is 5.38. The fourth-order valence-corrected chi connectivity index (χ4v) is 2.05. The number of benzene rings is 2. The second-order valence-electron chi connectivity index (χ2n) is 4.99. The lowest BCUT2D eigenvalue weighted by Gasteiger charge is -2.14. The van der Waals surface area contributed by atoms with E-state index in [2.05, 4.69) is 5.32 Å². The van der Waals surface area contributed by atoms with Gasteiger partial charge >= 0.3 is 0 Å². The lowest BCUT2D eigenvalue weighted by Crippen LogP contribution is -2.31. The van der Waals surface area contributed by atoms with Crippen LogP contribution >= 0.6 is 11.6 Å². The van der Waals surface area contributed by atoms with E-state index in [1.807, 2.05) is 43.3 Å². The summed E-state index contributed by atoms with van der Waals surface area (Å²) in [4.78, 5) is 0. The third-order valence-corrected chi connectivity index (χ3v) is 3.55. The predicted molar refractivity (Wildman–Crippen MR) is 85.8 cm³/mol. The molecule has 0 amide bonds. The van der Waals surface area contributed by atoms with E-state index in [0.717, 1.165) is 17.9 Å². The van der Waals surface area contributed by atoms with Crippen molar-refractivity contribution in [2.45, 2.75) is 19.6 Å². The number of ether oxygens (including phenoxy) is 1. The van der Waals surface area contributed by atoms with E-state index in [9.17, 15) is 5.11 Å². The zero-order valence-corrected chi connectivity index (χ0v) is 12.8. The first-order chi connectivity index (χ1) is 10.1. The van der Waals surface area contributed by atoms with Crippen molar-refractivity contribution >= 4 is 11.6 Å². The van der Waals surface area contributed by atoms with Gasteiger partial charge in [-0.25, -0.2) is 0 Å². The van der Waals surface area contributed by atoms with Gasteiger partial charge in [0.2, 0.25) is 0 Å². The number of halogens is 1. The van der Waals surface area contributed by atoms with Crippen molar-refractivity contribution in [3.05, 3.63) is 64.7 Å². The highest BCUT2D eigenvalue weighted by Gasteiger charge is 2.06. The van der Waals surface area contributed by atoms with Gasteiger partial charge in [-0.3, -0.25) is 0 Å². The summed E-state index contributed by atoms with van der Waals surface area (Å²) in [6.07, 6.45) is -0.551. The van der Waals surface area contributed by atoms with Crippen LogP contribution in [-0.4, -0.2) is 24.4 Å². The molecule has 0 aromatic heterocycles. The molecule has 1 atom stereocenters. The van der Waals surface area contributed by atoms with Crippen molar-refractivity contribution in [2.75, 3.05) is 13.2 Å². The number of aliphatic hydroxyl groups excluding tert-OH is 1. The molecule has 0 radical (unpaired) electrons. The Kier molecular flexibility index (Phi) is 6.05. The highest BCUT2D eigenvalue weighted by molar-refractivity contribution is 6.31. The molecule has 21 heavy (non-hydrogen) atoms. The van der Waals surface area contributed by atoms with Crippen molar-refractivity contribution in [3.63, 3.8) is 0 Å². The maximum Gasteiger partial charge on any atom is 0.119 e. The number of nitrogens with one attached hydrogen (secondary N) is 1. The van der Waals surface area contributed by atoms with Gasteiger partial charge in [-0.1, -0.05) is 41.9 Å². The molecule has 2 aromatic rings. The number of rotatable bonds is 7. The average Bonchev–Trinajstić information content (AvgIpc) is 2.49. The standard InChI is InChI=1S/C17H20ClNO2/c1-13-9-16(7-8-17(13)18)21-12-15(20)11-19-10-14-5-3-2-4-6-14/h2-9,15,19-20H,10-12H2,1H3. The lowest BCUT2D eigenvalue weighted by atomic mass is 10.2. The van der Waals surface area contributed by atoms with Crippen LogP contribution in [0.1, 0.15) is 11.1 Å². The fraction of sp³-hybridized carbons (Fsp3) is 0.294. The van der Waals surface area contributed by atoms with E-state index in [4.69, 9.17) is 16.3 Å². The van der Waals surface area contributed by atoms with Gasteiger partial charge in [0.25, 0.3) is 0 Å². The quantitative estimate of drug-likeness (QED) is 0.825. The molecule has 0 bridgehead atoms. The predicted octanol–water partition coefficient (Wildman–Crippen LogP) is 3.18. The van der Waals surface area contributed by atoms with E-state index >= 15 is 0 Å². The Bertz CT molecular complexity index is 560. The van der Waals surface area contributed by atoms with Gasteiger partial charge in [0.05, 0.1) is 0 Å². The molecule has 0 saturated heterocycles. The van der Waals surface area contributed by atoms with Crippen LogP contribution in [0.2, 0.25) is 5.02 Å². The van der Waals surface area contributed by atoms with Crippen LogP contribution in [0.15, 0.2) is 48.5 Å². The molecule has 1 unspecified atom stereocenters. The van der Waals surface area contributed by atoms with Gasteiger partial charge < -0.3 is 15.2 Å². The van der Waals surface area contributed by atoms with E-state index in [1.54, 1.807) is 12.1 Å². The highest BCUT2D eigenvalue weighted by Crippen LogP contribution is 2.21. The SMILES string of the molecule is Cc1cc(OCC(O)CNCc2ccccc2)ccc1Cl. The summed E-state index contributed by atoms with van der Waals surface area (Å²) in [5, 5.41) is 13.8. The Morgan fingerprint density at radius 2 is 1.95 bits per heavy atom. The lowest BCUT2D eigenvalue weighted by molar-refractivity contribution is 0.106. The van der Waals surface area contributed by atoms with Gasteiger partial charge in [0.15, 0.2) is 0 Å². The van der Waals surface area contributed by atoms with Crippen LogP contribution in [0.5, 0.6) is 5.75 Å². The minimum atomic E-state index is -0.551. The maximum absolute atomic E-state index is 9.90. The first-order valence-corrected chi connectivity index (χ1v) is 7.34. The van der Waals surface area contributed by atoms with Gasteiger partial charge in [0, 0.05) is 18.1 Å². The number of aryl methyl sites for hydroxylation is 1. The zero-order valence-electron chi connectivity index (χ0n) is 12.1. The van der Waals surface area contributed by atoms with Crippen molar-refractivity contribution in [1.29, 1.82) is 0 Å². The summed E-state index contributed by atoms with van der Waals surface area (Å²) in [7, 11) is 0. The normalized spacial score (nSPS) is 12.1. The zero-order chi connectivity index (χ0) is 15.1. The molecular formula is C17H20ClNO2. The van der Waals surface area contributed by atoms with Gasteiger partial charge in [-0.2, -0.15) is 0 Å². The first-order valence-electron chi connectivity index (χ1n) is 6.97. The van der Waals surface area contributed by atoms with Gasteiger partial charge in [-0.15, -0.1) is 0 Å². The smallest absolute Gasteiger partial charge is 0.119 e. The van der Waals surface area contributed by atoms with Crippen LogP contribution in [0.3, 0.4) is 0 Å². The molecule has 2 aromatic carbocycles. The highest BCUT2D eigenvalue weighted by atomic mass is 35.5. The minimum absolute atomic E-state index is 0.253. The van der Waals surface area contributed by atoms with E-state index in [-0.39, 0.29) is 6.61 Å². The number of hydrogen-bond acceptors (Lipinski definition) is 3. The van der Waals surface area contributed by atoms with E-state index < -0.39 is 6.10 Å². The minimum Gasteiger partial charge on any atom is -0.491 e. The maximum atomic E-state index is 9.90. The number of aliphatic hydroxyl groups is 1. The third-order valence-electron chi connectivity index (χ3n) is 3.12. The molecule has 0 aliphatic heterocycles. The molecule has 2 rings (SSSR count). The molecule has 0 aliphatic carbocycles. The van der Waals surface area contributed by atoms with Crippen LogP contribution in [0.25, 0.3) is 0 Å². The Balaban J connectivity index is 1.69. The molecule has 4 heteroatoms. The Morgan fingerprint density at radius 3 is 2.67 bits per heavy atom. The van der Waals surface area contributed by atoms with Crippen LogP contribution in [0, 0.1) is 6.92 Å².